The number of hydrogen-bond donors (Lipinski definition) is 2. The van der Waals surface area contributed by atoms with Gasteiger partial charge in [0.15, 0.2) is 11.5 Å². The van der Waals surface area contributed by atoms with Gasteiger partial charge in [-0.2, -0.15) is 0 Å². The maximum atomic E-state index is 9.30. The van der Waals surface area contributed by atoms with Gasteiger partial charge in [0.25, 0.3) is 0 Å². The van der Waals surface area contributed by atoms with Crippen molar-refractivity contribution in [3.8, 4) is 17.1 Å². The number of pyridine rings is 2. The van der Waals surface area contributed by atoms with Crippen molar-refractivity contribution in [3.05, 3.63) is 72.6 Å². The lowest BCUT2D eigenvalue weighted by Crippen LogP contribution is -2.02. The SMILES string of the molecule is C=Cc1ccc2nc(-c3cccnc3N)n(-c3ccc(CO)cc3)c2n1.CC.CC. The van der Waals surface area contributed by atoms with Crippen LogP contribution in [0.25, 0.3) is 34.3 Å². The van der Waals surface area contributed by atoms with Crippen molar-refractivity contribution in [2.45, 2.75) is 34.3 Å². The van der Waals surface area contributed by atoms with Crippen molar-refractivity contribution in [2.24, 2.45) is 0 Å². The zero-order valence-electron chi connectivity index (χ0n) is 18.0. The molecule has 4 rings (SSSR count). The number of aromatic nitrogens is 4. The highest BCUT2D eigenvalue weighted by Crippen LogP contribution is 2.30. The molecule has 3 N–H and O–H groups in total. The fraction of sp³-hybridized carbons (Fsp3) is 0.208. The fourth-order valence-corrected chi connectivity index (χ4v) is 2.87. The molecule has 3 aromatic heterocycles. The number of aliphatic hydroxyl groups excluding tert-OH is 1. The number of anilines is 1. The summed E-state index contributed by atoms with van der Waals surface area (Å²) >= 11 is 0. The van der Waals surface area contributed by atoms with E-state index in [1.807, 2.05) is 80.8 Å². The van der Waals surface area contributed by atoms with Crippen LogP contribution >= 0.6 is 0 Å². The number of aliphatic hydroxyl groups is 1. The predicted octanol–water partition coefficient (Wildman–Crippen LogP) is 5.25. The van der Waals surface area contributed by atoms with Crippen molar-refractivity contribution in [3.63, 3.8) is 0 Å². The molecule has 0 saturated heterocycles. The van der Waals surface area contributed by atoms with Crippen LogP contribution in [0.5, 0.6) is 0 Å². The van der Waals surface area contributed by atoms with E-state index in [1.54, 1.807) is 12.3 Å². The first-order valence-corrected chi connectivity index (χ1v) is 10.1. The number of benzene rings is 1. The van der Waals surface area contributed by atoms with Gasteiger partial charge in [-0.25, -0.2) is 15.0 Å². The number of nitrogen functional groups attached to an aromatic ring is 1. The Morgan fingerprint density at radius 2 is 1.70 bits per heavy atom. The van der Waals surface area contributed by atoms with Crippen molar-refractivity contribution < 1.29 is 5.11 Å². The van der Waals surface area contributed by atoms with Crippen molar-refractivity contribution in [1.82, 2.24) is 19.5 Å². The minimum Gasteiger partial charge on any atom is -0.392 e. The molecule has 3 heterocycles. The smallest absolute Gasteiger partial charge is 0.165 e. The minimum atomic E-state index is -0.00771. The summed E-state index contributed by atoms with van der Waals surface area (Å²) in [7, 11) is 0. The maximum Gasteiger partial charge on any atom is 0.165 e. The van der Waals surface area contributed by atoms with Crippen LogP contribution in [0, 0.1) is 0 Å². The molecule has 1 aromatic carbocycles. The Bertz CT molecular complexity index is 1100. The second-order valence-electron chi connectivity index (χ2n) is 5.81. The van der Waals surface area contributed by atoms with E-state index in [2.05, 4.69) is 16.5 Å². The monoisotopic (exact) mass is 403 g/mol. The van der Waals surface area contributed by atoms with Gasteiger partial charge in [-0.15, -0.1) is 0 Å². The summed E-state index contributed by atoms with van der Waals surface area (Å²) in [6.07, 6.45) is 3.35. The van der Waals surface area contributed by atoms with Crippen LogP contribution in [0.15, 0.2) is 61.3 Å². The van der Waals surface area contributed by atoms with E-state index in [4.69, 9.17) is 10.7 Å². The highest BCUT2D eigenvalue weighted by atomic mass is 16.3. The lowest BCUT2D eigenvalue weighted by Gasteiger charge is -2.10. The van der Waals surface area contributed by atoms with Gasteiger partial charge >= 0.3 is 0 Å². The van der Waals surface area contributed by atoms with Crippen LogP contribution in [-0.4, -0.2) is 24.6 Å². The third-order valence-electron chi connectivity index (χ3n) is 4.19. The molecule has 0 unspecified atom stereocenters. The van der Waals surface area contributed by atoms with Crippen LogP contribution in [-0.2, 0) is 6.61 Å². The number of hydrogen-bond acceptors (Lipinski definition) is 5. The van der Waals surface area contributed by atoms with Gasteiger partial charge in [0, 0.05) is 11.9 Å². The Kier molecular flexibility index (Phi) is 8.26. The first kappa shape index (κ1) is 22.8. The number of nitrogens with two attached hydrogens (primary N) is 1. The molecule has 0 aliphatic carbocycles. The van der Waals surface area contributed by atoms with E-state index in [9.17, 15) is 5.11 Å². The summed E-state index contributed by atoms with van der Waals surface area (Å²) < 4.78 is 1.94. The van der Waals surface area contributed by atoms with Crippen LogP contribution in [0.1, 0.15) is 39.0 Å². The molecule has 0 atom stereocenters. The maximum absolute atomic E-state index is 9.30. The first-order valence-electron chi connectivity index (χ1n) is 10.1. The third-order valence-corrected chi connectivity index (χ3v) is 4.19. The van der Waals surface area contributed by atoms with E-state index >= 15 is 0 Å². The molecule has 156 valence electrons. The molecule has 0 fully saturated rings. The summed E-state index contributed by atoms with van der Waals surface area (Å²) in [6, 6.07) is 15.1. The Labute approximate surface area is 177 Å². The molecule has 4 aromatic rings. The van der Waals surface area contributed by atoms with E-state index in [1.165, 1.54) is 0 Å². The van der Waals surface area contributed by atoms with Gasteiger partial charge in [-0.1, -0.05) is 46.4 Å². The zero-order valence-corrected chi connectivity index (χ0v) is 18.0. The van der Waals surface area contributed by atoms with E-state index in [-0.39, 0.29) is 6.61 Å². The molecular formula is C24H29N5O. The summed E-state index contributed by atoms with van der Waals surface area (Å²) in [4.78, 5) is 13.6. The van der Waals surface area contributed by atoms with Crippen LogP contribution in [0.3, 0.4) is 0 Å². The fourth-order valence-electron chi connectivity index (χ4n) is 2.87. The Balaban J connectivity index is 0.000000757. The molecule has 6 nitrogen and oxygen atoms in total. The highest BCUT2D eigenvalue weighted by molar-refractivity contribution is 5.83. The van der Waals surface area contributed by atoms with Crippen molar-refractivity contribution >= 4 is 23.1 Å². The molecule has 0 saturated carbocycles. The van der Waals surface area contributed by atoms with Crippen LogP contribution < -0.4 is 5.73 Å². The Morgan fingerprint density at radius 1 is 1.00 bits per heavy atom. The number of imidazole rings is 1. The molecule has 0 spiro atoms. The van der Waals surface area contributed by atoms with Gasteiger partial charge in [0.2, 0.25) is 0 Å². The average Bonchev–Trinajstić information content (AvgIpc) is 3.20. The molecule has 0 amide bonds. The quantitative estimate of drug-likeness (QED) is 0.485. The molecule has 0 aliphatic heterocycles. The summed E-state index contributed by atoms with van der Waals surface area (Å²) in [5.74, 6) is 1.07. The van der Waals surface area contributed by atoms with Gasteiger partial charge in [0.05, 0.1) is 17.9 Å². The number of nitrogens with zero attached hydrogens (tertiary/aromatic N) is 4. The molecule has 0 radical (unpaired) electrons. The highest BCUT2D eigenvalue weighted by Gasteiger charge is 2.17. The normalized spacial score (nSPS) is 9.90. The molecule has 6 heteroatoms. The molecular weight excluding hydrogens is 374 g/mol. The molecule has 0 aliphatic rings. The molecule has 0 bridgehead atoms. The largest absolute Gasteiger partial charge is 0.392 e. The zero-order chi connectivity index (χ0) is 22.1. The molecule has 30 heavy (non-hydrogen) atoms. The lowest BCUT2D eigenvalue weighted by molar-refractivity contribution is 0.282. The topological polar surface area (TPSA) is 89.8 Å². The van der Waals surface area contributed by atoms with E-state index in [0.717, 1.165) is 28.0 Å². The Morgan fingerprint density at radius 3 is 2.30 bits per heavy atom. The van der Waals surface area contributed by atoms with Gasteiger partial charge in [0.1, 0.15) is 11.3 Å². The van der Waals surface area contributed by atoms with E-state index < -0.39 is 0 Å². The van der Waals surface area contributed by atoms with Crippen molar-refractivity contribution in [1.29, 1.82) is 0 Å². The van der Waals surface area contributed by atoms with Gasteiger partial charge in [-0.3, -0.25) is 4.57 Å². The average molecular weight is 404 g/mol. The summed E-state index contributed by atoms with van der Waals surface area (Å²) in [5, 5.41) is 9.30. The van der Waals surface area contributed by atoms with Crippen LogP contribution in [0.4, 0.5) is 5.82 Å². The van der Waals surface area contributed by atoms with Crippen molar-refractivity contribution in [2.75, 3.05) is 5.73 Å². The lowest BCUT2D eigenvalue weighted by atomic mass is 10.2. The minimum absolute atomic E-state index is 0.00771. The third kappa shape index (κ3) is 4.55. The Hall–Kier alpha value is -3.51. The van der Waals surface area contributed by atoms with Gasteiger partial charge < -0.3 is 10.8 Å². The first-order chi connectivity index (χ1) is 14.7. The van der Waals surface area contributed by atoms with E-state index in [0.29, 0.717) is 17.3 Å². The summed E-state index contributed by atoms with van der Waals surface area (Å²) in [5.41, 5.74) is 10.7. The number of fused-ring (bicyclic) bond motifs is 1. The predicted molar refractivity (Wildman–Crippen MR) is 125 cm³/mol. The van der Waals surface area contributed by atoms with Crippen LogP contribution in [0.2, 0.25) is 0 Å². The second-order valence-corrected chi connectivity index (χ2v) is 5.81. The standard InChI is InChI=1S/C20H17N5O.2C2H6/c1-2-14-7-10-17-20(23-14)25(15-8-5-13(12-26)6-9-15)19(24-17)16-4-3-11-22-18(16)21;2*1-2/h2-11,26H,1,12H2,(H2,21,22);2*1-2H3. The van der Waals surface area contributed by atoms with Gasteiger partial charge in [-0.05, 0) is 48.0 Å². The number of rotatable bonds is 4. The second kappa shape index (κ2) is 10.9. The summed E-state index contributed by atoms with van der Waals surface area (Å²) in [6.45, 7) is 11.8.